The maximum absolute atomic E-state index is 13.0. The lowest BCUT2D eigenvalue weighted by Gasteiger charge is -2.33. The first-order valence-corrected chi connectivity index (χ1v) is 10.8. The zero-order valence-electron chi connectivity index (χ0n) is 14.9. The molecule has 5 nitrogen and oxygen atoms in total. The Hall–Kier alpha value is -1.40. The molecule has 1 N–H and O–H groups in total. The molecule has 1 aromatic rings. The van der Waals surface area contributed by atoms with Crippen molar-refractivity contribution in [2.75, 3.05) is 13.1 Å². The highest BCUT2D eigenvalue weighted by atomic mass is 32.2. The summed E-state index contributed by atoms with van der Waals surface area (Å²) in [4.78, 5) is 13.0. The van der Waals surface area contributed by atoms with E-state index >= 15 is 0 Å². The van der Waals surface area contributed by atoms with Gasteiger partial charge in [0.15, 0.2) is 0 Å². The average molecular weight is 365 g/mol. The molecule has 1 amide bonds. The van der Waals surface area contributed by atoms with Crippen LogP contribution in [0, 0.1) is 12.8 Å². The molecule has 3 rings (SSSR count). The van der Waals surface area contributed by atoms with Gasteiger partial charge in [-0.15, -0.1) is 0 Å². The smallest absolute Gasteiger partial charge is 0.243 e. The summed E-state index contributed by atoms with van der Waals surface area (Å²) < 4.78 is 27.4. The Balaban J connectivity index is 1.68. The van der Waals surface area contributed by atoms with E-state index in [4.69, 9.17) is 0 Å². The van der Waals surface area contributed by atoms with Gasteiger partial charge in [0.25, 0.3) is 0 Å². The monoisotopic (exact) mass is 364 g/mol. The van der Waals surface area contributed by atoms with Gasteiger partial charge in [-0.05, 0) is 44.2 Å². The number of nitrogens with zero attached hydrogens (tertiary/aromatic N) is 1. The molecule has 1 aliphatic heterocycles. The highest BCUT2D eigenvalue weighted by molar-refractivity contribution is 7.89. The van der Waals surface area contributed by atoms with E-state index in [9.17, 15) is 13.2 Å². The van der Waals surface area contributed by atoms with Crippen LogP contribution in [-0.2, 0) is 14.8 Å². The molecule has 1 saturated heterocycles. The highest BCUT2D eigenvalue weighted by Crippen LogP contribution is 2.26. The summed E-state index contributed by atoms with van der Waals surface area (Å²) in [6, 6.07) is 7.31. The summed E-state index contributed by atoms with van der Waals surface area (Å²) in [5.41, 5.74) is 0.747. The normalized spacial score (nSPS) is 23.3. The maximum Gasteiger partial charge on any atom is 0.243 e. The van der Waals surface area contributed by atoms with Crippen molar-refractivity contribution >= 4 is 15.9 Å². The van der Waals surface area contributed by atoms with E-state index in [1.807, 2.05) is 19.1 Å². The third kappa shape index (κ3) is 4.23. The van der Waals surface area contributed by atoms with Crippen LogP contribution in [0.25, 0.3) is 0 Å². The van der Waals surface area contributed by atoms with E-state index in [2.05, 4.69) is 5.32 Å². The molecular formula is C19H28N2O3S. The number of piperidine rings is 1. The molecule has 6 heteroatoms. The Kier molecular flexibility index (Phi) is 5.79. The number of carbonyl (C=O) groups is 1. The van der Waals surface area contributed by atoms with Crippen LogP contribution in [0.3, 0.4) is 0 Å². The number of aryl methyl sites for hydroxylation is 1. The molecule has 0 spiro atoms. The van der Waals surface area contributed by atoms with Crippen molar-refractivity contribution in [2.24, 2.45) is 5.92 Å². The predicted octanol–water partition coefficient (Wildman–Crippen LogP) is 2.84. The third-order valence-corrected chi connectivity index (χ3v) is 7.44. The van der Waals surface area contributed by atoms with Crippen LogP contribution < -0.4 is 5.32 Å². The summed E-state index contributed by atoms with van der Waals surface area (Å²) in [5.74, 6) is -0.217. The van der Waals surface area contributed by atoms with E-state index in [-0.39, 0.29) is 24.4 Å². The molecule has 0 bridgehead atoms. The molecule has 25 heavy (non-hydrogen) atoms. The minimum absolute atomic E-state index is 0.0246. The third-order valence-electron chi connectivity index (χ3n) is 5.42. The minimum Gasteiger partial charge on any atom is -0.353 e. The van der Waals surface area contributed by atoms with Crippen LogP contribution in [0.15, 0.2) is 29.2 Å². The molecule has 0 aromatic heterocycles. The zero-order chi connectivity index (χ0) is 17.9. The molecule has 1 aliphatic carbocycles. The lowest BCUT2D eigenvalue weighted by atomic mass is 9.93. The van der Waals surface area contributed by atoms with Gasteiger partial charge in [0.05, 0.1) is 10.8 Å². The molecule has 138 valence electrons. The SMILES string of the molecule is Cc1ccccc1S(=O)(=O)N1CCC[C@H](C(=O)NC2CCCCC2)C1. The molecular weight excluding hydrogens is 336 g/mol. The first-order chi connectivity index (χ1) is 12.0. The van der Waals surface area contributed by atoms with E-state index in [1.165, 1.54) is 23.6 Å². The maximum atomic E-state index is 13.0. The molecule has 1 heterocycles. The van der Waals surface area contributed by atoms with Gasteiger partial charge in [0.2, 0.25) is 15.9 Å². The van der Waals surface area contributed by atoms with Crippen molar-refractivity contribution in [3.05, 3.63) is 29.8 Å². The topological polar surface area (TPSA) is 66.5 Å². The van der Waals surface area contributed by atoms with Crippen molar-refractivity contribution in [3.63, 3.8) is 0 Å². The van der Waals surface area contributed by atoms with E-state index < -0.39 is 10.0 Å². The minimum atomic E-state index is -3.54. The van der Waals surface area contributed by atoms with Gasteiger partial charge >= 0.3 is 0 Å². The molecule has 0 radical (unpaired) electrons. The number of nitrogens with one attached hydrogen (secondary N) is 1. The van der Waals surface area contributed by atoms with E-state index in [0.717, 1.165) is 31.2 Å². The average Bonchev–Trinajstić information content (AvgIpc) is 2.63. The number of sulfonamides is 1. The molecule has 2 aliphatic rings. The van der Waals surface area contributed by atoms with Crippen LogP contribution in [0.1, 0.15) is 50.5 Å². The second-order valence-electron chi connectivity index (χ2n) is 7.31. The first kappa shape index (κ1) is 18.4. The summed E-state index contributed by atoms with van der Waals surface area (Å²) in [5, 5.41) is 3.15. The Labute approximate surface area is 150 Å². The van der Waals surface area contributed by atoms with Gasteiger partial charge in [-0.1, -0.05) is 37.5 Å². The summed E-state index contributed by atoms with van der Waals surface area (Å²) in [6.07, 6.45) is 7.17. The Morgan fingerprint density at radius 3 is 2.52 bits per heavy atom. The van der Waals surface area contributed by atoms with Crippen molar-refractivity contribution in [2.45, 2.75) is 62.8 Å². The van der Waals surface area contributed by atoms with E-state index in [0.29, 0.717) is 11.4 Å². The van der Waals surface area contributed by atoms with Crippen LogP contribution in [0.5, 0.6) is 0 Å². The highest BCUT2D eigenvalue weighted by Gasteiger charge is 2.34. The van der Waals surface area contributed by atoms with Gasteiger partial charge in [-0.2, -0.15) is 4.31 Å². The fourth-order valence-corrected chi connectivity index (χ4v) is 5.67. The number of amides is 1. The first-order valence-electron chi connectivity index (χ1n) is 9.34. The Bertz CT molecular complexity index is 711. The van der Waals surface area contributed by atoms with Crippen LogP contribution >= 0.6 is 0 Å². The fraction of sp³-hybridized carbons (Fsp3) is 0.632. The van der Waals surface area contributed by atoms with Crippen molar-refractivity contribution in [1.82, 2.24) is 9.62 Å². The van der Waals surface area contributed by atoms with Crippen molar-refractivity contribution < 1.29 is 13.2 Å². The number of carbonyl (C=O) groups excluding carboxylic acids is 1. The van der Waals surface area contributed by atoms with Crippen molar-refractivity contribution in [3.8, 4) is 0 Å². The fourth-order valence-electron chi connectivity index (χ4n) is 3.93. The molecule has 1 saturated carbocycles. The lowest BCUT2D eigenvalue weighted by Crippen LogP contribution is -2.47. The lowest BCUT2D eigenvalue weighted by molar-refractivity contribution is -0.127. The summed E-state index contributed by atoms with van der Waals surface area (Å²) in [7, 11) is -3.54. The van der Waals surface area contributed by atoms with Gasteiger partial charge in [0, 0.05) is 19.1 Å². The van der Waals surface area contributed by atoms with Crippen LogP contribution in [-0.4, -0.2) is 37.8 Å². The molecule has 1 atom stereocenters. The number of benzene rings is 1. The molecule has 0 unspecified atom stereocenters. The quantitative estimate of drug-likeness (QED) is 0.893. The number of hydrogen-bond donors (Lipinski definition) is 1. The second-order valence-corrected chi connectivity index (χ2v) is 9.22. The van der Waals surface area contributed by atoms with Gasteiger partial charge in [0.1, 0.15) is 0 Å². The van der Waals surface area contributed by atoms with Crippen LogP contribution in [0.4, 0.5) is 0 Å². The van der Waals surface area contributed by atoms with Gasteiger partial charge in [-0.25, -0.2) is 8.42 Å². The molecule has 2 fully saturated rings. The number of hydrogen-bond acceptors (Lipinski definition) is 3. The van der Waals surface area contributed by atoms with Crippen LogP contribution in [0.2, 0.25) is 0 Å². The second kappa shape index (κ2) is 7.87. The standard InChI is InChI=1S/C19H28N2O3S/c1-15-8-5-6-12-18(15)25(23,24)21-13-7-9-16(14-21)19(22)20-17-10-3-2-4-11-17/h5-6,8,12,16-17H,2-4,7,9-11,13-14H2,1H3,(H,20,22)/t16-/m0/s1. The predicted molar refractivity (Wildman–Crippen MR) is 97.7 cm³/mol. The summed E-state index contributed by atoms with van der Waals surface area (Å²) in [6.45, 7) is 2.59. The summed E-state index contributed by atoms with van der Waals surface area (Å²) >= 11 is 0. The number of rotatable bonds is 4. The Morgan fingerprint density at radius 2 is 1.80 bits per heavy atom. The van der Waals surface area contributed by atoms with Gasteiger partial charge < -0.3 is 5.32 Å². The molecule has 1 aromatic carbocycles. The zero-order valence-corrected chi connectivity index (χ0v) is 15.7. The van der Waals surface area contributed by atoms with E-state index in [1.54, 1.807) is 12.1 Å². The van der Waals surface area contributed by atoms with Crippen molar-refractivity contribution in [1.29, 1.82) is 0 Å². The van der Waals surface area contributed by atoms with Gasteiger partial charge in [-0.3, -0.25) is 4.79 Å². The largest absolute Gasteiger partial charge is 0.353 e. The Morgan fingerprint density at radius 1 is 1.08 bits per heavy atom.